The molecule has 9 heteroatoms. The molecule has 0 spiro atoms. The highest BCUT2D eigenvalue weighted by atomic mass is 32.2. The maximum atomic E-state index is 12.2. The van der Waals surface area contributed by atoms with Gasteiger partial charge in [0, 0.05) is 31.1 Å². The van der Waals surface area contributed by atoms with Crippen LogP contribution >= 0.6 is 11.3 Å². The molecule has 0 aliphatic carbocycles. The van der Waals surface area contributed by atoms with E-state index in [9.17, 15) is 13.2 Å². The Morgan fingerprint density at radius 1 is 1.42 bits per heavy atom. The smallest absolute Gasteiger partial charge is 0.242 e. The molecule has 2 aliphatic rings. The van der Waals surface area contributed by atoms with Gasteiger partial charge in [0.2, 0.25) is 5.91 Å². The molecule has 3 rings (SSSR count). The van der Waals surface area contributed by atoms with Crippen LogP contribution in [0.25, 0.3) is 0 Å². The number of hydrogen-bond donors (Lipinski definition) is 1. The van der Waals surface area contributed by atoms with Crippen LogP contribution in [0.3, 0.4) is 0 Å². The summed E-state index contributed by atoms with van der Waals surface area (Å²) in [5.41, 5.74) is 0. The van der Waals surface area contributed by atoms with Gasteiger partial charge < -0.3 is 15.1 Å². The van der Waals surface area contributed by atoms with Crippen molar-refractivity contribution in [2.45, 2.75) is 19.9 Å². The zero-order valence-electron chi connectivity index (χ0n) is 15.1. The lowest BCUT2D eigenvalue weighted by Gasteiger charge is -2.35. The van der Waals surface area contributed by atoms with E-state index in [1.54, 1.807) is 11.3 Å². The number of piperazine rings is 1. The highest BCUT2D eigenvalue weighted by molar-refractivity contribution is 7.91. The molecule has 2 saturated heterocycles. The number of carbonyl (C=O) groups is 1. The normalized spacial score (nSPS) is 23.5. The Bertz CT molecular complexity index is 746. The van der Waals surface area contributed by atoms with Crippen LogP contribution in [-0.2, 0) is 21.2 Å². The van der Waals surface area contributed by atoms with Gasteiger partial charge in [-0.05, 0) is 30.7 Å². The molecule has 0 bridgehead atoms. The van der Waals surface area contributed by atoms with E-state index in [2.05, 4.69) is 5.32 Å². The maximum absolute atomic E-state index is 12.2. The number of likely N-dealkylation sites (N-methyl/N-ethyl adjacent to an activating group) is 1. The molecule has 1 aromatic rings. The molecule has 2 aliphatic heterocycles. The van der Waals surface area contributed by atoms with E-state index in [-0.39, 0.29) is 23.3 Å². The molecule has 2 fully saturated rings. The summed E-state index contributed by atoms with van der Waals surface area (Å²) in [6.07, 6.45) is 0.691. The summed E-state index contributed by atoms with van der Waals surface area (Å²) in [5.74, 6) is 1.43. The van der Waals surface area contributed by atoms with Gasteiger partial charge in [-0.25, -0.2) is 13.4 Å². The van der Waals surface area contributed by atoms with Crippen molar-refractivity contribution in [3.05, 3.63) is 22.4 Å². The fourth-order valence-electron chi connectivity index (χ4n) is 3.32. The highest BCUT2D eigenvalue weighted by Crippen LogP contribution is 2.18. The maximum Gasteiger partial charge on any atom is 0.242 e. The number of nitrogens with zero attached hydrogens (tertiary/aromatic N) is 3. The van der Waals surface area contributed by atoms with Crippen molar-refractivity contribution in [2.75, 3.05) is 44.2 Å². The lowest BCUT2D eigenvalue weighted by atomic mass is 10.1. The van der Waals surface area contributed by atoms with Crippen LogP contribution in [-0.4, -0.2) is 74.3 Å². The molecular weight excluding hydrogens is 372 g/mol. The number of guanidine groups is 1. The first-order chi connectivity index (χ1) is 12.5. The van der Waals surface area contributed by atoms with Crippen molar-refractivity contribution in [2.24, 2.45) is 10.9 Å². The first-order valence-corrected chi connectivity index (χ1v) is 11.7. The zero-order chi connectivity index (χ0) is 18.6. The third kappa shape index (κ3) is 4.97. The Balaban J connectivity index is 1.65. The van der Waals surface area contributed by atoms with Gasteiger partial charge >= 0.3 is 0 Å². The minimum Gasteiger partial charge on any atom is -0.356 e. The number of amides is 1. The molecule has 0 saturated carbocycles. The van der Waals surface area contributed by atoms with Crippen molar-refractivity contribution in [3.8, 4) is 0 Å². The second-order valence-electron chi connectivity index (χ2n) is 6.76. The molecule has 0 radical (unpaired) electrons. The minimum atomic E-state index is -2.89. The number of carbonyl (C=O) groups excluding carboxylic acids is 1. The number of aliphatic imine (C=N–C) groups is 1. The fraction of sp³-hybridized carbons (Fsp3) is 0.647. The topological polar surface area (TPSA) is 82.1 Å². The average molecular weight is 399 g/mol. The van der Waals surface area contributed by atoms with Crippen LogP contribution < -0.4 is 5.32 Å². The van der Waals surface area contributed by atoms with E-state index in [0.717, 1.165) is 18.0 Å². The summed E-state index contributed by atoms with van der Waals surface area (Å²) in [4.78, 5) is 21.9. The third-order valence-corrected chi connectivity index (χ3v) is 7.54. The Labute approximate surface area is 159 Å². The predicted octanol–water partition coefficient (Wildman–Crippen LogP) is 0.793. The Morgan fingerprint density at radius 2 is 2.27 bits per heavy atom. The van der Waals surface area contributed by atoms with Crippen molar-refractivity contribution in [1.82, 2.24) is 15.1 Å². The summed E-state index contributed by atoms with van der Waals surface area (Å²) < 4.78 is 23.3. The molecule has 1 amide bonds. The Hall–Kier alpha value is -1.61. The predicted molar refractivity (Wildman–Crippen MR) is 104 cm³/mol. The molecule has 1 unspecified atom stereocenters. The first kappa shape index (κ1) is 19.2. The van der Waals surface area contributed by atoms with E-state index >= 15 is 0 Å². The van der Waals surface area contributed by atoms with Gasteiger partial charge in [0.05, 0.1) is 24.6 Å². The van der Waals surface area contributed by atoms with Crippen LogP contribution in [0.4, 0.5) is 0 Å². The van der Waals surface area contributed by atoms with Gasteiger partial charge in [-0.2, -0.15) is 0 Å². The standard InChI is InChI=1S/C17H26N4O3S2/c1-2-20-6-7-21(12-16(20)22)17(19-11-15-4-3-8-25-15)18-10-14-5-9-26(23,24)13-14/h3-4,8,14H,2,5-7,9-13H2,1H3,(H,18,19). The zero-order valence-corrected chi connectivity index (χ0v) is 16.7. The summed E-state index contributed by atoms with van der Waals surface area (Å²) in [6, 6.07) is 4.03. The lowest BCUT2D eigenvalue weighted by molar-refractivity contribution is -0.134. The molecule has 1 aromatic heterocycles. The van der Waals surface area contributed by atoms with Crippen LogP contribution in [0.5, 0.6) is 0 Å². The quantitative estimate of drug-likeness (QED) is 0.586. The molecular formula is C17H26N4O3S2. The van der Waals surface area contributed by atoms with Gasteiger partial charge in [0.25, 0.3) is 0 Å². The lowest BCUT2D eigenvalue weighted by Crippen LogP contribution is -2.55. The van der Waals surface area contributed by atoms with Crippen LogP contribution in [0, 0.1) is 5.92 Å². The fourth-order valence-corrected chi connectivity index (χ4v) is 5.81. The summed E-state index contributed by atoms with van der Waals surface area (Å²) in [7, 11) is -2.89. The molecule has 3 heterocycles. The second-order valence-corrected chi connectivity index (χ2v) is 10.0. The molecule has 1 N–H and O–H groups in total. The van der Waals surface area contributed by atoms with Gasteiger partial charge in [-0.15, -0.1) is 11.3 Å². The molecule has 7 nitrogen and oxygen atoms in total. The van der Waals surface area contributed by atoms with E-state index in [1.807, 2.05) is 34.2 Å². The monoisotopic (exact) mass is 398 g/mol. The van der Waals surface area contributed by atoms with E-state index in [0.29, 0.717) is 38.6 Å². The highest BCUT2D eigenvalue weighted by Gasteiger charge is 2.29. The molecule has 0 aromatic carbocycles. The SMILES string of the molecule is CCN1CCN(C(=NCc2cccs2)NCC2CCS(=O)(=O)C2)CC1=O. The summed E-state index contributed by atoms with van der Waals surface area (Å²) >= 11 is 1.65. The summed E-state index contributed by atoms with van der Waals surface area (Å²) in [6.45, 7) is 5.58. The number of rotatable bonds is 5. The van der Waals surface area contributed by atoms with Gasteiger partial charge in [0.15, 0.2) is 15.8 Å². The number of nitrogens with one attached hydrogen (secondary N) is 1. The Kier molecular flexibility index (Phi) is 6.18. The minimum absolute atomic E-state index is 0.104. The van der Waals surface area contributed by atoms with Gasteiger partial charge in [-0.3, -0.25) is 4.79 Å². The van der Waals surface area contributed by atoms with Crippen LogP contribution in [0.15, 0.2) is 22.5 Å². The average Bonchev–Trinajstić information content (AvgIpc) is 3.24. The molecule has 1 atom stereocenters. The van der Waals surface area contributed by atoms with Crippen molar-refractivity contribution < 1.29 is 13.2 Å². The Morgan fingerprint density at radius 3 is 2.88 bits per heavy atom. The second kappa shape index (κ2) is 8.39. The molecule has 26 heavy (non-hydrogen) atoms. The number of thiophene rings is 1. The van der Waals surface area contributed by atoms with Gasteiger partial charge in [-0.1, -0.05) is 6.07 Å². The summed E-state index contributed by atoms with van der Waals surface area (Å²) in [5, 5.41) is 5.35. The van der Waals surface area contributed by atoms with Crippen molar-refractivity contribution in [3.63, 3.8) is 0 Å². The van der Waals surface area contributed by atoms with E-state index in [1.165, 1.54) is 0 Å². The largest absolute Gasteiger partial charge is 0.356 e. The number of sulfone groups is 1. The van der Waals surface area contributed by atoms with Crippen LogP contribution in [0.1, 0.15) is 18.2 Å². The number of hydrogen-bond acceptors (Lipinski definition) is 5. The third-order valence-electron chi connectivity index (χ3n) is 4.84. The molecule has 144 valence electrons. The van der Waals surface area contributed by atoms with E-state index < -0.39 is 9.84 Å². The van der Waals surface area contributed by atoms with Gasteiger partial charge in [0.1, 0.15) is 0 Å². The van der Waals surface area contributed by atoms with Crippen molar-refractivity contribution in [1.29, 1.82) is 0 Å². The van der Waals surface area contributed by atoms with Crippen molar-refractivity contribution >= 4 is 33.0 Å². The van der Waals surface area contributed by atoms with E-state index in [4.69, 9.17) is 4.99 Å². The first-order valence-electron chi connectivity index (χ1n) is 9.00. The van der Waals surface area contributed by atoms with Crippen LogP contribution in [0.2, 0.25) is 0 Å².